The number of thiazole rings is 1. The molecule has 0 spiro atoms. The Labute approximate surface area is 74.0 Å². The number of carbonyl (C=O) groups is 1. The predicted molar refractivity (Wildman–Crippen MR) is 45.6 cm³/mol. The van der Waals surface area contributed by atoms with E-state index in [0.29, 0.717) is 5.69 Å². The van der Waals surface area contributed by atoms with E-state index >= 15 is 0 Å². The number of aryl methyl sites for hydroxylation is 1. The fraction of sp³-hybridized carbons (Fsp3) is 0.429. The summed E-state index contributed by atoms with van der Waals surface area (Å²) in [5.74, 6) is -0.761. The van der Waals surface area contributed by atoms with Crippen LogP contribution in [0.1, 0.15) is 23.7 Å². The number of hydrogen-bond acceptors (Lipinski definition) is 4. The third-order valence-electron chi connectivity index (χ3n) is 1.42. The molecule has 1 atom stereocenters. The first-order valence-electron chi connectivity index (χ1n) is 3.56. The lowest BCUT2D eigenvalue weighted by molar-refractivity contribution is -0.126. The molecule has 4 nitrogen and oxygen atoms in total. The first kappa shape index (κ1) is 9.15. The van der Waals surface area contributed by atoms with Crippen LogP contribution in [0, 0.1) is 0 Å². The quantitative estimate of drug-likeness (QED) is 0.709. The largest absolute Gasteiger partial charge is 0.377 e. The Morgan fingerprint density at radius 2 is 2.58 bits per heavy atom. The van der Waals surface area contributed by atoms with Crippen LogP contribution in [0.2, 0.25) is 0 Å². The van der Waals surface area contributed by atoms with E-state index in [2.05, 4.69) is 4.98 Å². The van der Waals surface area contributed by atoms with Crippen LogP contribution in [0.3, 0.4) is 0 Å². The van der Waals surface area contributed by atoms with Gasteiger partial charge in [0.05, 0.1) is 10.7 Å². The van der Waals surface area contributed by atoms with Crippen LogP contribution in [0.5, 0.6) is 0 Å². The van der Waals surface area contributed by atoms with E-state index in [9.17, 15) is 9.90 Å². The molecule has 0 aliphatic heterocycles. The van der Waals surface area contributed by atoms with Crippen molar-refractivity contribution in [1.29, 1.82) is 0 Å². The number of aliphatic hydroxyl groups is 1. The molecule has 1 heterocycles. The molecule has 0 saturated heterocycles. The third-order valence-corrected chi connectivity index (χ3v) is 2.43. The zero-order valence-electron chi connectivity index (χ0n) is 6.65. The summed E-state index contributed by atoms with van der Waals surface area (Å²) in [5, 5.41) is 11.7. The molecule has 1 amide bonds. The number of aliphatic hydroxyl groups excluding tert-OH is 1. The smallest absolute Gasteiger partial charge is 0.252 e. The van der Waals surface area contributed by atoms with Gasteiger partial charge in [-0.15, -0.1) is 11.3 Å². The van der Waals surface area contributed by atoms with Crippen LogP contribution in [-0.4, -0.2) is 16.0 Å². The maximum absolute atomic E-state index is 10.5. The summed E-state index contributed by atoms with van der Waals surface area (Å²) in [6, 6.07) is 0. The Hall–Kier alpha value is -0.940. The van der Waals surface area contributed by atoms with Crippen LogP contribution < -0.4 is 5.73 Å². The highest BCUT2D eigenvalue weighted by Crippen LogP contribution is 2.16. The number of rotatable bonds is 3. The zero-order chi connectivity index (χ0) is 9.14. The normalized spacial score (nSPS) is 12.8. The molecule has 1 aromatic rings. The van der Waals surface area contributed by atoms with Crippen molar-refractivity contribution in [2.75, 3.05) is 0 Å². The lowest BCUT2D eigenvalue weighted by Crippen LogP contribution is -2.21. The number of aromatic nitrogens is 1. The Bertz CT molecular complexity index is 285. The SMILES string of the molecule is CCc1nc(C(O)C(N)=O)cs1. The molecule has 1 aromatic heterocycles. The molecule has 0 fully saturated rings. The second kappa shape index (κ2) is 3.64. The molecule has 0 aliphatic rings. The molecule has 3 N–H and O–H groups in total. The van der Waals surface area contributed by atoms with E-state index in [4.69, 9.17) is 5.73 Å². The van der Waals surface area contributed by atoms with Crippen LogP contribution in [0.4, 0.5) is 0 Å². The van der Waals surface area contributed by atoms with Gasteiger partial charge in [0.2, 0.25) is 0 Å². The molecular formula is C7H10N2O2S. The van der Waals surface area contributed by atoms with E-state index in [1.54, 1.807) is 5.38 Å². The molecule has 0 radical (unpaired) electrons. The summed E-state index contributed by atoms with van der Waals surface area (Å²) in [7, 11) is 0. The van der Waals surface area contributed by atoms with Gasteiger partial charge in [-0.05, 0) is 6.42 Å². The standard InChI is InChI=1S/C7H10N2O2S/c1-2-5-9-4(3-12-5)6(10)7(8)11/h3,6,10H,2H2,1H3,(H2,8,11). The van der Waals surface area contributed by atoms with Crippen LogP contribution in [0.15, 0.2) is 5.38 Å². The van der Waals surface area contributed by atoms with Gasteiger partial charge in [0, 0.05) is 5.38 Å². The van der Waals surface area contributed by atoms with Crippen molar-refractivity contribution in [2.24, 2.45) is 5.73 Å². The number of primary amides is 1. The van der Waals surface area contributed by atoms with Crippen molar-refractivity contribution in [3.63, 3.8) is 0 Å². The van der Waals surface area contributed by atoms with Crippen molar-refractivity contribution in [1.82, 2.24) is 4.98 Å². The average Bonchev–Trinajstić information content (AvgIpc) is 2.50. The highest BCUT2D eigenvalue weighted by Gasteiger charge is 2.16. The highest BCUT2D eigenvalue weighted by atomic mass is 32.1. The van der Waals surface area contributed by atoms with E-state index in [0.717, 1.165) is 11.4 Å². The fourth-order valence-electron chi connectivity index (χ4n) is 0.759. The molecule has 5 heteroatoms. The van der Waals surface area contributed by atoms with Gasteiger partial charge in [-0.2, -0.15) is 0 Å². The van der Waals surface area contributed by atoms with Crippen molar-refractivity contribution in [3.05, 3.63) is 16.1 Å². The summed E-state index contributed by atoms with van der Waals surface area (Å²) >= 11 is 1.42. The molecule has 0 bridgehead atoms. The van der Waals surface area contributed by atoms with Crippen LogP contribution in [0.25, 0.3) is 0 Å². The second-order valence-electron chi connectivity index (χ2n) is 2.32. The molecule has 0 aliphatic carbocycles. The Kier molecular flexibility index (Phi) is 2.78. The van der Waals surface area contributed by atoms with Gasteiger partial charge in [-0.3, -0.25) is 4.79 Å². The summed E-state index contributed by atoms with van der Waals surface area (Å²) < 4.78 is 0. The average molecular weight is 186 g/mol. The van der Waals surface area contributed by atoms with Gasteiger partial charge in [0.15, 0.2) is 6.10 Å². The van der Waals surface area contributed by atoms with E-state index in [1.807, 2.05) is 6.92 Å². The van der Waals surface area contributed by atoms with Gasteiger partial charge in [0.25, 0.3) is 5.91 Å². The highest BCUT2D eigenvalue weighted by molar-refractivity contribution is 7.09. The van der Waals surface area contributed by atoms with E-state index in [1.165, 1.54) is 11.3 Å². The Balaban J connectivity index is 2.81. The first-order valence-corrected chi connectivity index (χ1v) is 4.44. The summed E-state index contributed by atoms with van der Waals surface area (Å²) in [6.45, 7) is 1.96. The van der Waals surface area contributed by atoms with Gasteiger partial charge >= 0.3 is 0 Å². The Morgan fingerprint density at radius 1 is 1.92 bits per heavy atom. The fourth-order valence-corrected chi connectivity index (χ4v) is 1.52. The van der Waals surface area contributed by atoms with E-state index < -0.39 is 12.0 Å². The lowest BCUT2D eigenvalue weighted by Gasteiger charge is -2.00. The molecule has 66 valence electrons. The van der Waals surface area contributed by atoms with Gasteiger partial charge in [0.1, 0.15) is 0 Å². The molecule has 1 unspecified atom stereocenters. The van der Waals surface area contributed by atoms with Gasteiger partial charge in [-0.1, -0.05) is 6.92 Å². The number of amides is 1. The molecule has 1 rings (SSSR count). The minimum atomic E-state index is -1.26. The number of hydrogen-bond donors (Lipinski definition) is 2. The monoisotopic (exact) mass is 186 g/mol. The van der Waals surface area contributed by atoms with Gasteiger partial charge < -0.3 is 10.8 Å². The zero-order valence-corrected chi connectivity index (χ0v) is 7.47. The first-order chi connectivity index (χ1) is 5.65. The predicted octanol–water partition coefficient (Wildman–Crippen LogP) is 0.224. The van der Waals surface area contributed by atoms with Gasteiger partial charge in [-0.25, -0.2) is 4.98 Å². The molecule has 0 saturated carbocycles. The summed E-state index contributed by atoms with van der Waals surface area (Å²) in [6.07, 6.45) is -0.461. The minimum Gasteiger partial charge on any atom is -0.377 e. The lowest BCUT2D eigenvalue weighted by atomic mass is 10.3. The molecular weight excluding hydrogens is 176 g/mol. The number of nitrogens with zero attached hydrogens (tertiary/aromatic N) is 1. The maximum atomic E-state index is 10.5. The number of carbonyl (C=O) groups excluding carboxylic acids is 1. The summed E-state index contributed by atoms with van der Waals surface area (Å²) in [4.78, 5) is 14.6. The van der Waals surface area contributed by atoms with Crippen LogP contribution >= 0.6 is 11.3 Å². The van der Waals surface area contributed by atoms with E-state index in [-0.39, 0.29) is 0 Å². The summed E-state index contributed by atoms with van der Waals surface area (Å²) in [5.41, 5.74) is 5.25. The maximum Gasteiger partial charge on any atom is 0.252 e. The topological polar surface area (TPSA) is 76.2 Å². The molecule has 0 aromatic carbocycles. The Morgan fingerprint density at radius 3 is 3.00 bits per heavy atom. The van der Waals surface area contributed by atoms with Crippen molar-refractivity contribution < 1.29 is 9.90 Å². The van der Waals surface area contributed by atoms with Crippen molar-refractivity contribution in [2.45, 2.75) is 19.4 Å². The minimum absolute atomic E-state index is 0.351. The molecule has 12 heavy (non-hydrogen) atoms. The third kappa shape index (κ3) is 1.80. The van der Waals surface area contributed by atoms with Crippen LogP contribution in [-0.2, 0) is 11.2 Å². The number of nitrogens with two attached hydrogens (primary N) is 1. The second-order valence-corrected chi connectivity index (χ2v) is 3.27. The van der Waals surface area contributed by atoms with Crippen molar-refractivity contribution in [3.8, 4) is 0 Å². The van der Waals surface area contributed by atoms with Crippen molar-refractivity contribution >= 4 is 17.2 Å².